The van der Waals surface area contributed by atoms with E-state index in [1.54, 1.807) is 6.20 Å². The van der Waals surface area contributed by atoms with Crippen LogP contribution in [0.1, 0.15) is 39.2 Å². The highest BCUT2D eigenvalue weighted by Crippen LogP contribution is 1.98. The summed E-state index contributed by atoms with van der Waals surface area (Å²) in [5.74, 6) is 0.0832. The Kier molecular flexibility index (Phi) is 7.11. The summed E-state index contributed by atoms with van der Waals surface area (Å²) in [6, 6.07) is 4.11. The molecule has 1 amide bonds. The van der Waals surface area contributed by atoms with E-state index in [4.69, 9.17) is 0 Å². The van der Waals surface area contributed by atoms with Crippen molar-refractivity contribution in [2.75, 3.05) is 6.54 Å². The summed E-state index contributed by atoms with van der Waals surface area (Å²) >= 11 is 0. The molecule has 0 aliphatic rings. The normalized spacial score (nSPS) is 12.4. The van der Waals surface area contributed by atoms with Crippen molar-refractivity contribution in [3.8, 4) is 0 Å². The Morgan fingerprint density at radius 1 is 1.37 bits per heavy atom. The molecule has 4 heteroatoms. The van der Waals surface area contributed by atoms with Crippen LogP contribution < -0.4 is 10.6 Å². The van der Waals surface area contributed by atoms with E-state index < -0.39 is 0 Å². The number of carbonyl (C=O) groups excluding carboxylic acids is 1. The molecule has 106 valence electrons. The van der Waals surface area contributed by atoms with Gasteiger partial charge >= 0.3 is 0 Å². The van der Waals surface area contributed by atoms with Gasteiger partial charge in [-0.05, 0) is 44.4 Å². The number of hydrogen-bond donors (Lipinski definition) is 2. The minimum absolute atomic E-state index is 0.0832. The van der Waals surface area contributed by atoms with Gasteiger partial charge in [-0.25, -0.2) is 0 Å². The van der Waals surface area contributed by atoms with Crippen molar-refractivity contribution in [3.63, 3.8) is 0 Å². The van der Waals surface area contributed by atoms with Crippen LogP contribution in [0, 0.1) is 0 Å². The lowest BCUT2D eigenvalue weighted by atomic mass is 10.1. The lowest BCUT2D eigenvalue weighted by molar-refractivity contribution is -0.123. The summed E-state index contributed by atoms with van der Waals surface area (Å²) < 4.78 is 0. The molecule has 0 spiro atoms. The maximum absolute atomic E-state index is 11.9. The average molecular weight is 263 g/mol. The van der Waals surface area contributed by atoms with Gasteiger partial charge < -0.3 is 10.6 Å². The van der Waals surface area contributed by atoms with Crippen LogP contribution in [0.25, 0.3) is 0 Å². The lowest BCUT2D eigenvalue weighted by Gasteiger charge is -2.19. The first-order valence-corrected chi connectivity index (χ1v) is 7.10. The molecule has 4 nitrogen and oxygen atoms in total. The number of pyridine rings is 1. The van der Waals surface area contributed by atoms with E-state index >= 15 is 0 Å². The van der Waals surface area contributed by atoms with Crippen molar-refractivity contribution in [2.45, 2.75) is 52.1 Å². The molecule has 0 aliphatic heterocycles. The molecule has 1 aromatic rings. The third kappa shape index (κ3) is 5.83. The predicted molar refractivity (Wildman–Crippen MR) is 77.9 cm³/mol. The Bertz CT molecular complexity index is 363. The van der Waals surface area contributed by atoms with Crippen LogP contribution in [0.15, 0.2) is 24.5 Å². The lowest BCUT2D eigenvalue weighted by Crippen LogP contribution is -2.46. The maximum atomic E-state index is 11.9. The molecule has 0 aromatic carbocycles. The number of nitrogens with one attached hydrogen (secondary N) is 2. The monoisotopic (exact) mass is 263 g/mol. The highest BCUT2D eigenvalue weighted by Gasteiger charge is 2.14. The van der Waals surface area contributed by atoms with Crippen LogP contribution in [-0.4, -0.2) is 29.5 Å². The van der Waals surface area contributed by atoms with Crippen LogP contribution in [0.4, 0.5) is 0 Å². The number of rotatable bonds is 8. The molecule has 1 rings (SSSR count). The van der Waals surface area contributed by atoms with Gasteiger partial charge in [0.05, 0.1) is 6.04 Å². The first kappa shape index (κ1) is 15.6. The summed E-state index contributed by atoms with van der Waals surface area (Å²) in [6.07, 6.45) is 6.46. The van der Waals surface area contributed by atoms with Crippen LogP contribution in [0.2, 0.25) is 0 Å². The molecule has 0 aliphatic carbocycles. The number of carbonyl (C=O) groups is 1. The van der Waals surface area contributed by atoms with Crippen molar-refractivity contribution >= 4 is 5.91 Å². The molecule has 0 fully saturated rings. The van der Waals surface area contributed by atoms with Crippen molar-refractivity contribution < 1.29 is 4.79 Å². The quantitative estimate of drug-likeness (QED) is 0.753. The summed E-state index contributed by atoms with van der Waals surface area (Å²) in [5.41, 5.74) is 1.18. The molecule has 1 aromatic heterocycles. The smallest absolute Gasteiger partial charge is 0.237 e. The molecule has 1 atom stereocenters. The van der Waals surface area contributed by atoms with Crippen molar-refractivity contribution in [1.29, 1.82) is 0 Å². The number of hydrogen-bond acceptors (Lipinski definition) is 3. The van der Waals surface area contributed by atoms with Gasteiger partial charge in [0.25, 0.3) is 0 Å². The minimum Gasteiger partial charge on any atom is -0.352 e. The molecule has 19 heavy (non-hydrogen) atoms. The van der Waals surface area contributed by atoms with E-state index in [-0.39, 0.29) is 18.0 Å². The summed E-state index contributed by atoms with van der Waals surface area (Å²) in [5, 5.41) is 6.30. The topological polar surface area (TPSA) is 54.0 Å². The van der Waals surface area contributed by atoms with Gasteiger partial charge in [-0.15, -0.1) is 0 Å². The molecule has 0 saturated carbocycles. The zero-order chi connectivity index (χ0) is 14.1. The van der Waals surface area contributed by atoms with E-state index in [1.807, 2.05) is 25.3 Å². The van der Waals surface area contributed by atoms with Crippen molar-refractivity contribution in [3.05, 3.63) is 30.1 Å². The van der Waals surface area contributed by atoms with E-state index in [1.165, 1.54) is 5.56 Å². The fourth-order valence-electron chi connectivity index (χ4n) is 1.89. The Balaban J connectivity index is 2.27. The van der Waals surface area contributed by atoms with Gasteiger partial charge in [0.1, 0.15) is 0 Å². The molecule has 1 unspecified atom stereocenters. The molecule has 0 bridgehead atoms. The first-order chi connectivity index (χ1) is 9.17. The van der Waals surface area contributed by atoms with Gasteiger partial charge in [-0.3, -0.25) is 9.78 Å². The second kappa shape index (κ2) is 8.64. The molecule has 1 heterocycles. The minimum atomic E-state index is -0.155. The Morgan fingerprint density at radius 3 is 2.68 bits per heavy atom. The number of amides is 1. The number of aromatic nitrogens is 1. The molecule has 0 saturated heterocycles. The van der Waals surface area contributed by atoms with E-state index in [9.17, 15) is 4.79 Å². The van der Waals surface area contributed by atoms with Gasteiger partial charge in [-0.1, -0.05) is 19.9 Å². The third-order valence-electron chi connectivity index (χ3n) is 3.31. The zero-order valence-electron chi connectivity index (χ0n) is 12.1. The highest BCUT2D eigenvalue weighted by atomic mass is 16.2. The highest BCUT2D eigenvalue weighted by molar-refractivity contribution is 5.81. The van der Waals surface area contributed by atoms with E-state index in [0.717, 1.165) is 25.8 Å². The summed E-state index contributed by atoms with van der Waals surface area (Å²) in [7, 11) is 0. The van der Waals surface area contributed by atoms with Crippen LogP contribution in [0.3, 0.4) is 0 Å². The van der Waals surface area contributed by atoms with Crippen LogP contribution >= 0.6 is 0 Å². The Hall–Kier alpha value is -1.42. The van der Waals surface area contributed by atoms with Gasteiger partial charge in [0, 0.05) is 18.4 Å². The maximum Gasteiger partial charge on any atom is 0.237 e. The van der Waals surface area contributed by atoms with Gasteiger partial charge in [0.15, 0.2) is 0 Å². The van der Waals surface area contributed by atoms with Gasteiger partial charge in [-0.2, -0.15) is 0 Å². The Morgan fingerprint density at radius 2 is 2.11 bits per heavy atom. The zero-order valence-corrected chi connectivity index (χ0v) is 12.1. The number of nitrogens with zero attached hydrogens (tertiary/aromatic N) is 1. The SMILES string of the molecule is CCC(CC)NC(=O)C(C)NCCc1cccnc1. The second-order valence-electron chi connectivity index (χ2n) is 4.81. The van der Waals surface area contributed by atoms with Crippen LogP contribution in [-0.2, 0) is 11.2 Å². The van der Waals surface area contributed by atoms with Crippen LogP contribution in [0.5, 0.6) is 0 Å². The predicted octanol–water partition coefficient (Wildman–Crippen LogP) is 1.91. The largest absolute Gasteiger partial charge is 0.352 e. The fourth-order valence-corrected chi connectivity index (χ4v) is 1.89. The van der Waals surface area contributed by atoms with E-state index in [0.29, 0.717) is 0 Å². The average Bonchev–Trinajstić information content (AvgIpc) is 2.45. The molecule has 0 radical (unpaired) electrons. The summed E-state index contributed by atoms with van der Waals surface area (Å²) in [4.78, 5) is 16.0. The third-order valence-corrected chi connectivity index (χ3v) is 3.31. The van der Waals surface area contributed by atoms with E-state index in [2.05, 4.69) is 29.5 Å². The molecular weight excluding hydrogens is 238 g/mol. The second-order valence-corrected chi connectivity index (χ2v) is 4.81. The fraction of sp³-hybridized carbons (Fsp3) is 0.600. The molecular formula is C15H25N3O. The standard InChI is InChI=1S/C15H25N3O/c1-4-14(5-2)18-15(19)12(3)17-10-8-13-7-6-9-16-11-13/h6-7,9,11-12,14,17H,4-5,8,10H2,1-3H3,(H,18,19). The van der Waals surface area contributed by atoms with Crippen molar-refractivity contribution in [1.82, 2.24) is 15.6 Å². The van der Waals surface area contributed by atoms with Gasteiger partial charge in [0.2, 0.25) is 5.91 Å². The first-order valence-electron chi connectivity index (χ1n) is 7.10. The molecule has 2 N–H and O–H groups in total. The Labute approximate surface area is 116 Å². The van der Waals surface area contributed by atoms with Crippen molar-refractivity contribution in [2.24, 2.45) is 0 Å². The summed E-state index contributed by atoms with van der Waals surface area (Å²) in [6.45, 7) is 6.87.